The smallest absolute Gasteiger partial charge is 0.338 e. The van der Waals surface area contributed by atoms with E-state index in [0.717, 1.165) is 0 Å². The number of carbonyl (C=O) groups excluding carboxylic acids is 2. The summed E-state index contributed by atoms with van der Waals surface area (Å²) in [5.74, 6) is -0.984. The number of rotatable bonds is 8. The molecule has 0 radical (unpaired) electrons. The number of hydrogen-bond acceptors (Lipinski definition) is 6. The highest BCUT2D eigenvalue weighted by Gasteiger charge is 2.39. The van der Waals surface area contributed by atoms with Gasteiger partial charge in [0.15, 0.2) is 0 Å². The summed E-state index contributed by atoms with van der Waals surface area (Å²) in [6.07, 6.45) is 0. The minimum absolute atomic E-state index is 0.155. The molecule has 2 aliphatic rings. The van der Waals surface area contributed by atoms with Gasteiger partial charge in [-0.3, -0.25) is 9.80 Å². The van der Waals surface area contributed by atoms with E-state index in [1.807, 2.05) is 11.8 Å². The number of piperazine rings is 1. The number of benzene rings is 2. The predicted molar refractivity (Wildman–Crippen MR) is 135 cm³/mol. The summed E-state index contributed by atoms with van der Waals surface area (Å²) in [5, 5.41) is 2.85. The largest absolute Gasteiger partial charge is 0.463 e. The molecule has 1 N–H and O–H groups in total. The second-order valence-electron chi connectivity index (χ2n) is 8.75. The third-order valence-corrected chi connectivity index (χ3v) is 8.45. The van der Waals surface area contributed by atoms with Crippen LogP contribution in [-0.4, -0.2) is 80.4 Å². The zero-order chi connectivity index (χ0) is 26.6. The van der Waals surface area contributed by atoms with E-state index in [9.17, 15) is 22.4 Å². The van der Waals surface area contributed by atoms with Crippen molar-refractivity contribution in [1.29, 1.82) is 0 Å². The predicted octanol–water partition coefficient (Wildman–Crippen LogP) is 2.74. The summed E-state index contributed by atoms with van der Waals surface area (Å²) in [5.41, 5.74) is 1.34. The van der Waals surface area contributed by atoms with Crippen LogP contribution in [0.1, 0.15) is 25.5 Å². The van der Waals surface area contributed by atoms with Gasteiger partial charge in [-0.2, -0.15) is 4.31 Å². The summed E-state index contributed by atoms with van der Waals surface area (Å²) in [6, 6.07) is 12.8. The summed E-state index contributed by atoms with van der Waals surface area (Å²) in [6.45, 7) is 5.65. The molecule has 2 aliphatic heterocycles. The van der Waals surface area contributed by atoms with Crippen molar-refractivity contribution < 1.29 is 27.1 Å². The van der Waals surface area contributed by atoms with Gasteiger partial charge < -0.3 is 10.1 Å². The lowest BCUT2D eigenvalue weighted by Gasteiger charge is -2.40. The van der Waals surface area contributed by atoms with E-state index in [2.05, 4.69) is 5.32 Å². The zero-order valence-electron chi connectivity index (χ0n) is 20.9. The Morgan fingerprint density at radius 3 is 2.27 bits per heavy atom. The summed E-state index contributed by atoms with van der Waals surface area (Å²) in [4.78, 5) is 30.0. The van der Waals surface area contributed by atoms with Crippen LogP contribution in [-0.2, 0) is 19.6 Å². The van der Waals surface area contributed by atoms with Gasteiger partial charge in [-0.15, -0.1) is 0 Å². The third kappa shape index (κ3) is 5.68. The number of esters is 1. The Morgan fingerprint density at radius 1 is 1.03 bits per heavy atom. The standard InChI is InChI=1S/C26H31FN4O5S/c1-3-31-22(18-29-14-16-30(17-15-29)37(34,35)21-8-6-5-7-9-21)23(25(32)36-4-2)24(28-26(31)33)19-10-12-20(27)13-11-19/h5-13,24H,3-4,14-18H2,1-2H3,(H,28,33)/t24-/m1/s1. The Bertz CT molecular complexity index is 1260. The van der Waals surface area contributed by atoms with Gasteiger partial charge in [0.25, 0.3) is 0 Å². The van der Waals surface area contributed by atoms with Crippen molar-refractivity contribution in [3.05, 3.63) is 77.2 Å². The van der Waals surface area contributed by atoms with Gasteiger partial charge in [0.05, 0.1) is 23.1 Å². The van der Waals surface area contributed by atoms with Crippen LogP contribution in [0.4, 0.5) is 9.18 Å². The Balaban J connectivity index is 1.62. The number of sulfonamides is 1. The van der Waals surface area contributed by atoms with Gasteiger partial charge in [0.1, 0.15) is 5.82 Å². The number of ether oxygens (including phenoxy) is 1. The fraction of sp³-hybridized carbons (Fsp3) is 0.385. The first-order valence-corrected chi connectivity index (χ1v) is 13.7. The van der Waals surface area contributed by atoms with E-state index in [4.69, 9.17) is 4.74 Å². The van der Waals surface area contributed by atoms with Crippen LogP contribution in [0.15, 0.2) is 70.8 Å². The Morgan fingerprint density at radius 2 is 1.68 bits per heavy atom. The average Bonchev–Trinajstić information content (AvgIpc) is 2.90. The van der Waals surface area contributed by atoms with Crippen LogP contribution in [0.25, 0.3) is 0 Å². The zero-order valence-corrected chi connectivity index (χ0v) is 21.7. The average molecular weight is 531 g/mol. The highest BCUT2D eigenvalue weighted by Crippen LogP contribution is 2.32. The van der Waals surface area contributed by atoms with Crippen LogP contribution in [0.2, 0.25) is 0 Å². The quantitative estimate of drug-likeness (QED) is 0.527. The molecule has 198 valence electrons. The molecule has 9 nitrogen and oxygen atoms in total. The van der Waals surface area contributed by atoms with Gasteiger partial charge in [-0.25, -0.2) is 22.4 Å². The van der Waals surface area contributed by atoms with Crippen molar-refractivity contribution >= 4 is 22.0 Å². The molecule has 2 aromatic rings. The molecule has 2 aromatic carbocycles. The third-order valence-electron chi connectivity index (χ3n) is 6.54. The van der Waals surface area contributed by atoms with Crippen LogP contribution in [0.3, 0.4) is 0 Å². The van der Waals surface area contributed by atoms with E-state index in [0.29, 0.717) is 30.9 Å². The van der Waals surface area contributed by atoms with E-state index >= 15 is 0 Å². The van der Waals surface area contributed by atoms with E-state index in [-0.39, 0.29) is 42.7 Å². The molecule has 4 rings (SSSR count). The highest BCUT2D eigenvalue weighted by molar-refractivity contribution is 7.89. The number of amides is 2. The Kier molecular flexibility index (Phi) is 8.25. The number of urea groups is 1. The Labute approximate surface area is 216 Å². The molecule has 1 saturated heterocycles. The van der Waals surface area contributed by atoms with Gasteiger partial charge in [-0.05, 0) is 43.7 Å². The SMILES string of the molecule is CCOC(=O)C1=C(CN2CCN(S(=O)(=O)c3ccccc3)CC2)N(CC)C(=O)N[C@@H]1c1ccc(F)cc1. The number of likely N-dealkylation sites (N-methyl/N-ethyl adjacent to an activating group) is 1. The maximum atomic E-state index is 13.6. The van der Waals surface area contributed by atoms with Gasteiger partial charge in [0, 0.05) is 45.0 Å². The molecular weight excluding hydrogens is 499 g/mol. The van der Waals surface area contributed by atoms with Crippen molar-refractivity contribution in [3.63, 3.8) is 0 Å². The van der Waals surface area contributed by atoms with E-state index in [1.165, 1.54) is 33.5 Å². The number of hydrogen-bond donors (Lipinski definition) is 1. The fourth-order valence-electron chi connectivity index (χ4n) is 4.64. The molecule has 37 heavy (non-hydrogen) atoms. The molecular formula is C26H31FN4O5S. The normalized spacial score (nSPS) is 19.6. The first kappa shape index (κ1) is 26.8. The number of nitrogens with one attached hydrogen (secondary N) is 1. The van der Waals surface area contributed by atoms with Gasteiger partial charge in [-0.1, -0.05) is 30.3 Å². The summed E-state index contributed by atoms with van der Waals surface area (Å²) in [7, 11) is -3.61. The summed E-state index contributed by atoms with van der Waals surface area (Å²) < 4.78 is 46.4. The van der Waals surface area contributed by atoms with Crippen LogP contribution in [0, 0.1) is 5.82 Å². The molecule has 1 fully saturated rings. The van der Waals surface area contributed by atoms with Crippen molar-refractivity contribution in [3.8, 4) is 0 Å². The minimum atomic E-state index is -3.61. The second-order valence-corrected chi connectivity index (χ2v) is 10.7. The van der Waals surface area contributed by atoms with Crippen molar-refractivity contribution in [2.75, 3.05) is 45.9 Å². The van der Waals surface area contributed by atoms with Gasteiger partial charge >= 0.3 is 12.0 Å². The van der Waals surface area contributed by atoms with Gasteiger partial charge in [0.2, 0.25) is 10.0 Å². The fourth-order valence-corrected chi connectivity index (χ4v) is 6.09. The maximum absolute atomic E-state index is 13.6. The lowest BCUT2D eigenvalue weighted by Crippen LogP contribution is -2.53. The minimum Gasteiger partial charge on any atom is -0.463 e. The molecule has 2 amide bonds. The molecule has 2 heterocycles. The van der Waals surface area contributed by atoms with Crippen molar-refractivity contribution in [2.24, 2.45) is 0 Å². The molecule has 1 atom stereocenters. The molecule has 0 bridgehead atoms. The molecule has 0 aliphatic carbocycles. The van der Waals surface area contributed by atoms with Crippen molar-refractivity contribution in [1.82, 2.24) is 19.4 Å². The number of carbonyl (C=O) groups is 2. The molecule has 0 unspecified atom stereocenters. The first-order chi connectivity index (χ1) is 17.8. The monoisotopic (exact) mass is 530 g/mol. The van der Waals surface area contributed by atoms with Crippen LogP contribution in [0.5, 0.6) is 0 Å². The summed E-state index contributed by atoms with van der Waals surface area (Å²) >= 11 is 0. The lowest BCUT2D eigenvalue weighted by molar-refractivity contribution is -0.139. The molecule has 11 heteroatoms. The number of halogens is 1. The van der Waals surface area contributed by atoms with Crippen LogP contribution >= 0.6 is 0 Å². The topological polar surface area (TPSA) is 99.3 Å². The Hall–Kier alpha value is -3.28. The second kappa shape index (κ2) is 11.4. The first-order valence-electron chi connectivity index (χ1n) is 12.3. The van der Waals surface area contributed by atoms with Crippen LogP contribution < -0.4 is 5.32 Å². The van der Waals surface area contributed by atoms with E-state index in [1.54, 1.807) is 37.3 Å². The number of nitrogens with zero attached hydrogens (tertiary/aromatic N) is 3. The lowest BCUT2D eigenvalue weighted by atomic mass is 9.94. The van der Waals surface area contributed by atoms with E-state index < -0.39 is 27.9 Å². The molecule has 0 saturated carbocycles. The van der Waals surface area contributed by atoms with Crippen molar-refractivity contribution in [2.45, 2.75) is 24.8 Å². The molecule has 0 spiro atoms. The maximum Gasteiger partial charge on any atom is 0.338 e. The molecule has 0 aromatic heterocycles. The highest BCUT2D eigenvalue weighted by atomic mass is 32.2.